The van der Waals surface area contributed by atoms with Gasteiger partial charge in [0.2, 0.25) is 0 Å². The minimum absolute atomic E-state index is 0.108. The Balaban J connectivity index is 1.95. The standard InChI is InChI=1S/C16H21N3O/c1-3-13-6-4-10(2)19(13)16(20)15-9-11-8-12(17)5-7-14(11)18-15/h5,7-10,13,18H,3-4,6,17H2,1-2H3. The van der Waals surface area contributed by atoms with Crippen molar-refractivity contribution in [1.82, 2.24) is 9.88 Å². The average Bonchev–Trinajstić information content (AvgIpc) is 3.00. The van der Waals surface area contributed by atoms with E-state index in [9.17, 15) is 4.79 Å². The number of fused-ring (bicyclic) bond motifs is 1. The maximum atomic E-state index is 12.7. The van der Waals surface area contributed by atoms with Gasteiger partial charge in [0.15, 0.2) is 0 Å². The number of hydrogen-bond acceptors (Lipinski definition) is 2. The molecule has 2 atom stereocenters. The highest BCUT2D eigenvalue weighted by Crippen LogP contribution is 2.28. The molecule has 1 amide bonds. The molecule has 0 saturated carbocycles. The number of aromatic nitrogens is 1. The fourth-order valence-electron chi connectivity index (χ4n) is 3.24. The van der Waals surface area contributed by atoms with Gasteiger partial charge in [0, 0.05) is 28.7 Å². The van der Waals surface area contributed by atoms with Crippen LogP contribution in [0.4, 0.5) is 5.69 Å². The average molecular weight is 271 g/mol. The molecule has 1 saturated heterocycles. The number of rotatable bonds is 2. The molecule has 0 aliphatic carbocycles. The number of nitrogens with two attached hydrogens (primary N) is 1. The number of carbonyl (C=O) groups is 1. The Kier molecular flexibility index (Phi) is 3.16. The molecule has 2 aromatic rings. The molecule has 1 aliphatic heterocycles. The number of carbonyl (C=O) groups excluding carboxylic acids is 1. The molecular formula is C16H21N3O. The molecule has 106 valence electrons. The van der Waals surface area contributed by atoms with Crippen molar-refractivity contribution in [2.45, 2.75) is 45.2 Å². The summed E-state index contributed by atoms with van der Waals surface area (Å²) >= 11 is 0. The van der Waals surface area contributed by atoms with Crippen LogP contribution >= 0.6 is 0 Å². The maximum absolute atomic E-state index is 12.7. The van der Waals surface area contributed by atoms with Crippen LogP contribution in [-0.4, -0.2) is 27.9 Å². The van der Waals surface area contributed by atoms with Crippen LogP contribution in [0.5, 0.6) is 0 Å². The monoisotopic (exact) mass is 271 g/mol. The highest BCUT2D eigenvalue weighted by molar-refractivity contribution is 5.99. The molecule has 0 radical (unpaired) electrons. The van der Waals surface area contributed by atoms with E-state index in [1.807, 2.05) is 29.2 Å². The van der Waals surface area contributed by atoms with Gasteiger partial charge in [-0.25, -0.2) is 0 Å². The SMILES string of the molecule is CCC1CCC(C)N1C(=O)c1cc2cc(N)ccc2[nH]1. The molecule has 4 nitrogen and oxygen atoms in total. The Morgan fingerprint density at radius 2 is 2.20 bits per heavy atom. The maximum Gasteiger partial charge on any atom is 0.270 e. The van der Waals surface area contributed by atoms with Crippen LogP contribution in [0, 0.1) is 0 Å². The second-order valence-electron chi connectivity index (χ2n) is 5.73. The van der Waals surface area contributed by atoms with Crippen LogP contribution in [0.25, 0.3) is 10.9 Å². The van der Waals surface area contributed by atoms with E-state index in [1.54, 1.807) is 0 Å². The number of hydrogen-bond donors (Lipinski definition) is 2. The zero-order valence-electron chi connectivity index (χ0n) is 12.0. The van der Waals surface area contributed by atoms with E-state index in [0.29, 0.717) is 17.8 Å². The van der Waals surface area contributed by atoms with Crippen LogP contribution < -0.4 is 5.73 Å². The van der Waals surface area contributed by atoms with Crippen molar-refractivity contribution in [3.8, 4) is 0 Å². The Hall–Kier alpha value is -1.97. The van der Waals surface area contributed by atoms with Crippen molar-refractivity contribution in [2.75, 3.05) is 5.73 Å². The third kappa shape index (κ3) is 2.05. The molecule has 1 aliphatic rings. The molecule has 4 heteroatoms. The minimum atomic E-state index is 0.108. The fourth-order valence-corrected chi connectivity index (χ4v) is 3.24. The topological polar surface area (TPSA) is 62.1 Å². The number of nitrogens with zero attached hydrogens (tertiary/aromatic N) is 1. The van der Waals surface area contributed by atoms with Crippen molar-refractivity contribution in [3.05, 3.63) is 30.0 Å². The normalized spacial score (nSPS) is 22.6. The Labute approximate surface area is 118 Å². The quantitative estimate of drug-likeness (QED) is 0.824. The molecule has 0 spiro atoms. The second-order valence-corrected chi connectivity index (χ2v) is 5.73. The molecule has 3 rings (SSSR count). The lowest BCUT2D eigenvalue weighted by molar-refractivity contribution is 0.0671. The number of likely N-dealkylation sites (tertiary alicyclic amines) is 1. The highest BCUT2D eigenvalue weighted by Gasteiger charge is 2.34. The number of aromatic amines is 1. The van der Waals surface area contributed by atoms with E-state index in [-0.39, 0.29) is 5.91 Å². The van der Waals surface area contributed by atoms with E-state index >= 15 is 0 Å². The molecule has 3 N–H and O–H groups in total. The third-order valence-electron chi connectivity index (χ3n) is 4.37. The highest BCUT2D eigenvalue weighted by atomic mass is 16.2. The summed E-state index contributed by atoms with van der Waals surface area (Å²) in [7, 11) is 0. The van der Waals surface area contributed by atoms with Gasteiger partial charge < -0.3 is 15.6 Å². The first-order valence-corrected chi connectivity index (χ1v) is 7.31. The molecule has 1 aromatic heterocycles. The number of nitrogens with one attached hydrogen (secondary N) is 1. The summed E-state index contributed by atoms with van der Waals surface area (Å²) in [6.07, 6.45) is 3.22. The molecule has 20 heavy (non-hydrogen) atoms. The van der Waals surface area contributed by atoms with E-state index in [2.05, 4.69) is 18.8 Å². The lowest BCUT2D eigenvalue weighted by atomic mass is 10.1. The molecule has 1 aromatic carbocycles. The second kappa shape index (κ2) is 4.85. The van der Waals surface area contributed by atoms with Gasteiger partial charge in [-0.2, -0.15) is 0 Å². The van der Waals surface area contributed by atoms with Crippen LogP contribution in [0.3, 0.4) is 0 Å². The van der Waals surface area contributed by atoms with Crippen LogP contribution in [0.15, 0.2) is 24.3 Å². The van der Waals surface area contributed by atoms with Crippen molar-refractivity contribution in [3.63, 3.8) is 0 Å². The predicted octanol–water partition coefficient (Wildman–Crippen LogP) is 3.15. The number of H-pyrrole nitrogens is 1. The Bertz CT molecular complexity index is 646. The van der Waals surface area contributed by atoms with Crippen LogP contribution in [-0.2, 0) is 0 Å². The van der Waals surface area contributed by atoms with E-state index in [4.69, 9.17) is 5.73 Å². The molecule has 2 unspecified atom stereocenters. The molecule has 0 bridgehead atoms. The number of anilines is 1. The minimum Gasteiger partial charge on any atom is -0.399 e. The summed E-state index contributed by atoms with van der Waals surface area (Å²) < 4.78 is 0. The van der Waals surface area contributed by atoms with Crippen molar-refractivity contribution in [1.29, 1.82) is 0 Å². The lowest BCUT2D eigenvalue weighted by Crippen LogP contribution is -2.39. The predicted molar refractivity (Wildman–Crippen MR) is 81.7 cm³/mol. The molecule has 2 heterocycles. The third-order valence-corrected chi connectivity index (χ3v) is 4.37. The first kappa shape index (κ1) is 13.0. The fraction of sp³-hybridized carbons (Fsp3) is 0.438. The Morgan fingerprint density at radius 3 is 2.95 bits per heavy atom. The van der Waals surface area contributed by atoms with Crippen molar-refractivity contribution in [2.24, 2.45) is 0 Å². The molecule has 1 fully saturated rings. The van der Waals surface area contributed by atoms with Crippen molar-refractivity contribution >= 4 is 22.5 Å². The number of amides is 1. The largest absolute Gasteiger partial charge is 0.399 e. The zero-order valence-corrected chi connectivity index (χ0v) is 12.0. The van der Waals surface area contributed by atoms with E-state index in [0.717, 1.165) is 35.9 Å². The summed E-state index contributed by atoms with van der Waals surface area (Å²) in [5.74, 6) is 0.108. The number of nitrogen functional groups attached to an aromatic ring is 1. The first-order valence-electron chi connectivity index (χ1n) is 7.31. The van der Waals surface area contributed by atoms with Crippen LogP contribution in [0.2, 0.25) is 0 Å². The van der Waals surface area contributed by atoms with Gasteiger partial charge in [0.1, 0.15) is 5.69 Å². The van der Waals surface area contributed by atoms with Gasteiger partial charge in [0.05, 0.1) is 0 Å². The van der Waals surface area contributed by atoms with E-state index in [1.165, 1.54) is 0 Å². The summed E-state index contributed by atoms with van der Waals surface area (Å²) in [5.41, 5.74) is 8.13. The summed E-state index contributed by atoms with van der Waals surface area (Å²) in [6, 6.07) is 8.27. The van der Waals surface area contributed by atoms with Crippen molar-refractivity contribution < 1.29 is 4.79 Å². The Morgan fingerprint density at radius 1 is 1.40 bits per heavy atom. The zero-order chi connectivity index (χ0) is 14.3. The van der Waals surface area contributed by atoms with Gasteiger partial charge >= 0.3 is 0 Å². The van der Waals surface area contributed by atoms with Gasteiger partial charge in [-0.1, -0.05) is 6.92 Å². The number of benzene rings is 1. The smallest absolute Gasteiger partial charge is 0.270 e. The first-order chi connectivity index (χ1) is 9.60. The summed E-state index contributed by atoms with van der Waals surface area (Å²) in [6.45, 7) is 4.28. The molecular weight excluding hydrogens is 250 g/mol. The van der Waals surface area contributed by atoms with Gasteiger partial charge in [-0.05, 0) is 50.5 Å². The van der Waals surface area contributed by atoms with Crippen LogP contribution in [0.1, 0.15) is 43.6 Å². The van der Waals surface area contributed by atoms with Gasteiger partial charge in [-0.3, -0.25) is 4.79 Å². The van der Waals surface area contributed by atoms with E-state index < -0.39 is 0 Å². The summed E-state index contributed by atoms with van der Waals surface area (Å²) in [4.78, 5) is 18.0. The van der Waals surface area contributed by atoms with Gasteiger partial charge in [0.25, 0.3) is 5.91 Å². The lowest BCUT2D eigenvalue weighted by Gasteiger charge is -2.27. The summed E-state index contributed by atoms with van der Waals surface area (Å²) in [5, 5.41) is 0.994. The van der Waals surface area contributed by atoms with Gasteiger partial charge in [-0.15, -0.1) is 0 Å².